The zero-order chi connectivity index (χ0) is 14.0. The van der Waals surface area contributed by atoms with Gasteiger partial charge in [-0.05, 0) is 25.0 Å². The van der Waals surface area contributed by atoms with Crippen LogP contribution in [0.4, 0.5) is 5.13 Å². The van der Waals surface area contributed by atoms with Crippen molar-refractivity contribution in [2.75, 3.05) is 5.32 Å². The minimum atomic E-state index is -0.342. The van der Waals surface area contributed by atoms with Crippen LogP contribution in [0.25, 0.3) is 0 Å². The lowest BCUT2D eigenvalue weighted by molar-refractivity contribution is 0.102. The Hall–Kier alpha value is -1.88. The largest absolute Gasteiger partial charge is 0.507 e. The number of hydrogen-bond acceptors (Lipinski definition) is 4. The molecule has 1 aromatic heterocycles. The molecule has 0 radical (unpaired) electrons. The van der Waals surface area contributed by atoms with Crippen molar-refractivity contribution in [3.63, 3.8) is 0 Å². The molecule has 5 heteroatoms. The number of benzene rings is 1. The van der Waals surface area contributed by atoms with Gasteiger partial charge in [0, 0.05) is 5.38 Å². The maximum Gasteiger partial charge on any atom is 0.261 e. The fraction of sp³-hybridized carbons (Fsp3) is 0.286. The van der Waals surface area contributed by atoms with Crippen LogP contribution in [0, 0.1) is 6.92 Å². The Morgan fingerprint density at radius 3 is 2.79 bits per heavy atom. The van der Waals surface area contributed by atoms with Gasteiger partial charge in [0.05, 0.1) is 11.3 Å². The van der Waals surface area contributed by atoms with Crippen molar-refractivity contribution in [3.8, 4) is 5.75 Å². The molecule has 0 aliphatic heterocycles. The van der Waals surface area contributed by atoms with Crippen molar-refractivity contribution in [1.29, 1.82) is 0 Å². The summed E-state index contributed by atoms with van der Waals surface area (Å²) < 4.78 is 0. The summed E-state index contributed by atoms with van der Waals surface area (Å²) in [4.78, 5) is 16.4. The van der Waals surface area contributed by atoms with Gasteiger partial charge in [0.15, 0.2) is 5.13 Å². The van der Waals surface area contributed by atoms with Gasteiger partial charge < -0.3 is 5.11 Å². The topological polar surface area (TPSA) is 62.2 Å². The molecule has 0 fully saturated rings. The van der Waals surface area contributed by atoms with Gasteiger partial charge in [-0.15, -0.1) is 11.3 Å². The number of rotatable bonds is 3. The van der Waals surface area contributed by atoms with Gasteiger partial charge in [-0.2, -0.15) is 0 Å². The highest BCUT2D eigenvalue weighted by atomic mass is 32.1. The smallest absolute Gasteiger partial charge is 0.261 e. The zero-order valence-corrected chi connectivity index (χ0v) is 11.9. The number of nitrogens with zero attached hydrogens (tertiary/aromatic N) is 1. The third-order valence-corrected chi connectivity index (χ3v) is 3.51. The van der Waals surface area contributed by atoms with Gasteiger partial charge >= 0.3 is 0 Å². The predicted octanol–water partition coefficient (Wildman–Crippen LogP) is 3.53. The number of aryl methyl sites for hydroxylation is 1. The number of carbonyl (C=O) groups is 1. The summed E-state index contributed by atoms with van der Waals surface area (Å²) in [7, 11) is 0. The number of amides is 1. The molecular formula is C14H16N2O2S. The third kappa shape index (κ3) is 3.12. The average molecular weight is 276 g/mol. The summed E-state index contributed by atoms with van der Waals surface area (Å²) in [6.45, 7) is 5.97. The van der Waals surface area contributed by atoms with Gasteiger partial charge in [-0.1, -0.05) is 25.5 Å². The summed E-state index contributed by atoms with van der Waals surface area (Å²) >= 11 is 1.39. The number of phenolic OH excluding ortho intramolecular Hbond substituents is 1. The number of aromatic hydroxyl groups is 1. The number of phenols is 1. The lowest BCUT2D eigenvalue weighted by Gasteiger charge is -2.05. The number of anilines is 1. The fourth-order valence-corrected chi connectivity index (χ4v) is 2.47. The highest BCUT2D eigenvalue weighted by molar-refractivity contribution is 7.14. The first kappa shape index (κ1) is 13.5. The van der Waals surface area contributed by atoms with E-state index >= 15 is 0 Å². The molecule has 4 nitrogen and oxygen atoms in total. The maximum atomic E-state index is 12.1. The Balaban J connectivity index is 2.18. The Kier molecular flexibility index (Phi) is 3.85. The van der Waals surface area contributed by atoms with E-state index in [1.807, 2.05) is 26.2 Å². The summed E-state index contributed by atoms with van der Waals surface area (Å²) in [6, 6.07) is 4.93. The number of aromatic nitrogens is 1. The second-order valence-corrected chi connectivity index (χ2v) is 5.57. The van der Waals surface area contributed by atoms with E-state index in [1.165, 1.54) is 17.4 Å². The molecule has 0 spiro atoms. The first-order valence-electron chi connectivity index (χ1n) is 6.03. The highest BCUT2D eigenvalue weighted by Gasteiger charge is 2.14. The van der Waals surface area contributed by atoms with E-state index in [1.54, 1.807) is 12.1 Å². The number of nitrogens with one attached hydrogen (secondary N) is 1. The van der Waals surface area contributed by atoms with E-state index in [0.717, 1.165) is 11.3 Å². The van der Waals surface area contributed by atoms with Crippen molar-refractivity contribution in [1.82, 2.24) is 4.98 Å². The quantitative estimate of drug-likeness (QED) is 0.901. The van der Waals surface area contributed by atoms with Crippen molar-refractivity contribution in [3.05, 3.63) is 40.4 Å². The van der Waals surface area contributed by atoms with Crippen LogP contribution in [0.3, 0.4) is 0 Å². The molecule has 19 heavy (non-hydrogen) atoms. The van der Waals surface area contributed by atoms with E-state index in [0.29, 0.717) is 11.0 Å². The SMILES string of the molecule is Cc1ccc(O)c(C(=O)Nc2nc(C(C)C)cs2)c1. The average Bonchev–Trinajstić information content (AvgIpc) is 2.80. The number of hydrogen-bond donors (Lipinski definition) is 2. The summed E-state index contributed by atoms with van der Waals surface area (Å²) in [5, 5.41) is 14.9. The lowest BCUT2D eigenvalue weighted by Crippen LogP contribution is -2.12. The molecule has 2 aromatic rings. The van der Waals surface area contributed by atoms with E-state index in [2.05, 4.69) is 10.3 Å². The lowest BCUT2D eigenvalue weighted by atomic mass is 10.1. The van der Waals surface area contributed by atoms with Gasteiger partial charge in [0.1, 0.15) is 5.75 Å². The first-order chi connectivity index (χ1) is 8.97. The van der Waals surface area contributed by atoms with Crippen molar-refractivity contribution in [2.45, 2.75) is 26.7 Å². The van der Waals surface area contributed by atoms with Gasteiger partial charge in [-0.3, -0.25) is 10.1 Å². The van der Waals surface area contributed by atoms with Gasteiger partial charge in [0.2, 0.25) is 0 Å². The molecule has 0 aliphatic carbocycles. The Morgan fingerprint density at radius 2 is 2.16 bits per heavy atom. The van der Waals surface area contributed by atoms with Crippen molar-refractivity contribution >= 4 is 22.4 Å². The van der Waals surface area contributed by atoms with Gasteiger partial charge in [0.25, 0.3) is 5.91 Å². The normalized spacial score (nSPS) is 10.7. The number of carbonyl (C=O) groups excluding carboxylic acids is 1. The molecular weight excluding hydrogens is 260 g/mol. The minimum Gasteiger partial charge on any atom is -0.507 e. The van der Waals surface area contributed by atoms with Crippen LogP contribution in [0.15, 0.2) is 23.6 Å². The molecule has 0 bridgehead atoms. The maximum absolute atomic E-state index is 12.1. The van der Waals surface area contributed by atoms with Crippen LogP contribution in [-0.2, 0) is 0 Å². The standard InChI is InChI=1S/C14H16N2O2S/c1-8(2)11-7-19-14(15-11)16-13(18)10-6-9(3)4-5-12(10)17/h4-8,17H,1-3H3,(H,15,16,18). The zero-order valence-electron chi connectivity index (χ0n) is 11.1. The first-order valence-corrected chi connectivity index (χ1v) is 6.91. The van der Waals surface area contributed by atoms with E-state index in [9.17, 15) is 9.90 Å². The summed E-state index contributed by atoms with van der Waals surface area (Å²) in [5.74, 6) is -0.0381. The van der Waals surface area contributed by atoms with Crippen LogP contribution in [0.2, 0.25) is 0 Å². The Bertz CT molecular complexity index is 605. The molecule has 0 atom stereocenters. The van der Waals surface area contributed by atoms with Crippen LogP contribution in [-0.4, -0.2) is 16.0 Å². The van der Waals surface area contributed by atoms with Gasteiger partial charge in [-0.25, -0.2) is 4.98 Å². The Labute approximate surface area is 116 Å². The molecule has 0 unspecified atom stereocenters. The van der Waals surface area contributed by atoms with Crippen molar-refractivity contribution in [2.24, 2.45) is 0 Å². The van der Waals surface area contributed by atoms with E-state index in [4.69, 9.17) is 0 Å². The number of thiazole rings is 1. The molecule has 1 amide bonds. The highest BCUT2D eigenvalue weighted by Crippen LogP contribution is 2.24. The second-order valence-electron chi connectivity index (χ2n) is 4.71. The van der Waals surface area contributed by atoms with Crippen LogP contribution >= 0.6 is 11.3 Å². The molecule has 2 rings (SSSR count). The molecule has 0 saturated carbocycles. The van der Waals surface area contributed by atoms with Crippen molar-refractivity contribution < 1.29 is 9.90 Å². The van der Waals surface area contributed by atoms with Crippen LogP contribution < -0.4 is 5.32 Å². The fourth-order valence-electron chi connectivity index (χ4n) is 1.60. The van der Waals surface area contributed by atoms with Crippen LogP contribution in [0.5, 0.6) is 5.75 Å². The Morgan fingerprint density at radius 1 is 1.42 bits per heavy atom. The molecule has 0 aliphatic rings. The summed E-state index contributed by atoms with van der Waals surface area (Å²) in [5.41, 5.74) is 2.14. The van der Waals surface area contributed by atoms with E-state index in [-0.39, 0.29) is 17.2 Å². The molecule has 2 N–H and O–H groups in total. The molecule has 1 aromatic carbocycles. The molecule has 100 valence electrons. The third-order valence-electron chi connectivity index (χ3n) is 2.73. The predicted molar refractivity (Wildman–Crippen MR) is 77.0 cm³/mol. The monoisotopic (exact) mass is 276 g/mol. The minimum absolute atomic E-state index is 0.0243. The molecule has 0 saturated heterocycles. The second kappa shape index (κ2) is 5.40. The van der Waals surface area contributed by atoms with E-state index < -0.39 is 0 Å². The van der Waals surface area contributed by atoms with Crippen LogP contribution in [0.1, 0.15) is 41.4 Å². The summed E-state index contributed by atoms with van der Waals surface area (Å²) in [6.07, 6.45) is 0. The molecule has 1 heterocycles.